The molecular formula is C16H23N3O2. The lowest BCUT2D eigenvalue weighted by atomic mass is 9.86. The minimum Gasteiger partial charge on any atom is -0.351 e. The Balaban J connectivity index is 2.00. The molecule has 0 heterocycles. The molecule has 0 atom stereocenters. The number of nitrogens with one attached hydrogen (secondary N) is 1. The number of urea groups is 1. The molecule has 5 heteroatoms. The van der Waals surface area contributed by atoms with Crippen molar-refractivity contribution in [2.45, 2.75) is 38.6 Å². The first-order valence-corrected chi connectivity index (χ1v) is 7.41. The van der Waals surface area contributed by atoms with E-state index in [0.717, 1.165) is 18.8 Å². The molecule has 0 radical (unpaired) electrons. The van der Waals surface area contributed by atoms with E-state index in [1.807, 2.05) is 11.9 Å². The molecule has 1 aliphatic carbocycles. The zero-order valence-electron chi connectivity index (χ0n) is 12.6. The number of amides is 3. The van der Waals surface area contributed by atoms with E-state index < -0.39 is 6.03 Å². The molecule has 0 spiro atoms. The van der Waals surface area contributed by atoms with Gasteiger partial charge in [0.25, 0.3) is 5.91 Å². The van der Waals surface area contributed by atoms with Crippen LogP contribution in [0.1, 0.15) is 43.0 Å². The molecular weight excluding hydrogens is 266 g/mol. The van der Waals surface area contributed by atoms with Crippen LogP contribution in [0, 0.1) is 5.92 Å². The second-order valence-electron chi connectivity index (χ2n) is 5.90. The van der Waals surface area contributed by atoms with Crippen molar-refractivity contribution in [1.82, 2.24) is 4.90 Å². The third-order valence-electron chi connectivity index (χ3n) is 4.25. The lowest BCUT2D eigenvalue weighted by Gasteiger charge is -2.33. The van der Waals surface area contributed by atoms with Gasteiger partial charge in [0.05, 0.1) is 0 Å². The Bertz CT molecular complexity index is 505. The first kappa shape index (κ1) is 15.4. The molecule has 3 amide bonds. The molecule has 0 aliphatic heterocycles. The van der Waals surface area contributed by atoms with Gasteiger partial charge >= 0.3 is 6.03 Å². The molecule has 0 unspecified atom stereocenters. The summed E-state index contributed by atoms with van der Waals surface area (Å²) >= 11 is 0. The van der Waals surface area contributed by atoms with Crippen LogP contribution in [0.5, 0.6) is 0 Å². The molecule has 5 nitrogen and oxygen atoms in total. The molecule has 21 heavy (non-hydrogen) atoms. The largest absolute Gasteiger partial charge is 0.351 e. The zero-order chi connectivity index (χ0) is 15.4. The summed E-state index contributed by atoms with van der Waals surface area (Å²) in [7, 11) is 1.87. The van der Waals surface area contributed by atoms with Crippen LogP contribution in [0.3, 0.4) is 0 Å². The number of hydrogen-bond acceptors (Lipinski definition) is 2. The number of carbonyl (C=O) groups is 2. The number of anilines is 1. The minimum absolute atomic E-state index is 0.0279. The van der Waals surface area contributed by atoms with Gasteiger partial charge in [-0.1, -0.05) is 6.92 Å². The summed E-state index contributed by atoms with van der Waals surface area (Å²) in [5.41, 5.74) is 6.28. The number of carbonyl (C=O) groups excluding carboxylic acids is 2. The van der Waals surface area contributed by atoms with Crippen LogP contribution in [0.15, 0.2) is 24.3 Å². The van der Waals surface area contributed by atoms with Crippen LogP contribution in [0.4, 0.5) is 10.5 Å². The highest BCUT2D eigenvalue weighted by molar-refractivity contribution is 5.95. The standard InChI is InChI=1S/C16H23N3O2/c1-11-3-9-14(10-4-11)19(2)15(20)12-5-7-13(8-6-12)18-16(17)21/h5-8,11,14H,3-4,9-10H2,1-2H3,(H3,17,18,21). The van der Waals surface area contributed by atoms with Crippen LogP contribution in [0.25, 0.3) is 0 Å². The van der Waals surface area contributed by atoms with E-state index in [1.54, 1.807) is 24.3 Å². The first-order valence-electron chi connectivity index (χ1n) is 7.41. The zero-order valence-corrected chi connectivity index (χ0v) is 12.6. The smallest absolute Gasteiger partial charge is 0.316 e. The molecule has 1 saturated carbocycles. The van der Waals surface area contributed by atoms with Crippen molar-refractivity contribution >= 4 is 17.6 Å². The van der Waals surface area contributed by atoms with Crippen molar-refractivity contribution in [1.29, 1.82) is 0 Å². The summed E-state index contributed by atoms with van der Waals surface area (Å²) in [6.45, 7) is 2.27. The van der Waals surface area contributed by atoms with Crippen molar-refractivity contribution in [3.63, 3.8) is 0 Å². The van der Waals surface area contributed by atoms with E-state index in [2.05, 4.69) is 12.2 Å². The maximum Gasteiger partial charge on any atom is 0.316 e. The first-order chi connectivity index (χ1) is 9.97. The van der Waals surface area contributed by atoms with Crippen LogP contribution in [0.2, 0.25) is 0 Å². The van der Waals surface area contributed by atoms with Crippen molar-refractivity contribution in [3.8, 4) is 0 Å². The third kappa shape index (κ3) is 3.97. The number of benzene rings is 1. The Morgan fingerprint density at radius 1 is 1.14 bits per heavy atom. The Morgan fingerprint density at radius 3 is 2.24 bits per heavy atom. The molecule has 3 N–H and O–H groups in total. The van der Waals surface area contributed by atoms with E-state index in [0.29, 0.717) is 17.3 Å². The van der Waals surface area contributed by atoms with Crippen LogP contribution in [-0.4, -0.2) is 29.9 Å². The fourth-order valence-corrected chi connectivity index (χ4v) is 2.84. The van der Waals surface area contributed by atoms with Gasteiger partial charge in [0.1, 0.15) is 0 Å². The van der Waals surface area contributed by atoms with Gasteiger partial charge < -0.3 is 16.0 Å². The van der Waals surface area contributed by atoms with Crippen LogP contribution >= 0.6 is 0 Å². The summed E-state index contributed by atoms with van der Waals surface area (Å²) in [6.07, 6.45) is 4.52. The van der Waals surface area contributed by atoms with E-state index in [1.165, 1.54) is 12.8 Å². The molecule has 0 aromatic heterocycles. The van der Waals surface area contributed by atoms with E-state index in [-0.39, 0.29) is 5.91 Å². The topological polar surface area (TPSA) is 75.4 Å². The van der Waals surface area contributed by atoms with Gasteiger partial charge in [-0.05, 0) is 55.9 Å². The maximum absolute atomic E-state index is 12.5. The van der Waals surface area contributed by atoms with Gasteiger partial charge in [-0.2, -0.15) is 0 Å². The van der Waals surface area contributed by atoms with E-state index in [4.69, 9.17) is 5.73 Å². The number of nitrogens with zero attached hydrogens (tertiary/aromatic N) is 1. The summed E-state index contributed by atoms with van der Waals surface area (Å²) in [5.74, 6) is 0.795. The predicted molar refractivity (Wildman–Crippen MR) is 83.2 cm³/mol. The summed E-state index contributed by atoms with van der Waals surface area (Å²) in [4.78, 5) is 25.1. The summed E-state index contributed by atoms with van der Waals surface area (Å²) in [5, 5.41) is 2.48. The van der Waals surface area contributed by atoms with Gasteiger partial charge in [-0.15, -0.1) is 0 Å². The molecule has 0 saturated heterocycles. The second kappa shape index (κ2) is 6.61. The normalized spacial score (nSPS) is 21.6. The third-order valence-corrected chi connectivity index (χ3v) is 4.25. The fourth-order valence-electron chi connectivity index (χ4n) is 2.84. The van der Waals surface area contributed by atoms with Gasteiger partial charge in [0.15, 0.2) is 0 Å². The second-order valence-corrected chi connectivity index (χ2v) is 5.90. The quantitative estimate of drug-likeness (QED) is 0.897. The van der Waals surface area contributed by atoms with Crippen molar-refractivity contribution < 1.29 is 9.59 Å². The van der Waals surface area contributed by atoms with Crippen LogP contribution in [-0.2, 0) is 0 Å². The SMILES string of the molecule is CC1CCC(N(C)C(=O)c2ccc(NC(N)=O)cc2)CC1. The number of rotatable bonds is 3. The molecule has 1 aromatic rings. The van der Waals surface area contributed by atoms with Gasteiger partial charge in [0, 0.05) is 24.3 Å². The van der Waals surface area contributed by atoms with Crippen molar-refractivity contribution in [2.75, 3.05) is 12.4 Å². The number of primary amides is 1. The average Bonchev–Trinajstić information content (AvgIpc) is 2.47. The maximum atomic E-state index is 12.5. The monoisotopic (exact) mass is 289 g/mol. The summed E-state index contributed by atoms with van der Waals surface area (Å²) in [6, 6.07) is 6.54. The minimum atomic E-state index is -0.609. The Kier molecular flexibility index (Phi) is 4.83. The van der Waals surface area contributed by atoms with Crippen LogP contribution < -0.4 is 11.1 Å². The molecule has 1 aliphatic rings. The predicted octanol–water partition coefficient (Wildman–Crippen LogP) is 2.83. The molecule has 0 bridgehead atoms. The highest BCUT2D eigenvalue weighted by Crippen LogP contribution is 2.27. The Labute approximate surface area is 125 Å². The molecule has 2 rings (SSSR count). The molecule has 114 valence electrons. The highest BCUT2D eigenvalue weighted by atomic mass is 16.2. The van der Waals surface area contributed by atoms with Gasteiger partial charge in [-0.3, -0.25) is 4.79 Å². The lowest BCUT2D eigenvalue weighted by molar-refractivity contribution is 0.0679. The number of hydrogen-bond donors (Lipinski definition) is 2. The summed E-state index contributed by atoms with van der Waals surface area (Å²) < 4.78 is 0. The van der Waals surface area contributed by atoms with Gasteiger partial charge in [0.2, 0.25) is 0 Å². The van der Waals surface area contributed by atoms with Gasteiger partial charge in [-0.25, -0.2) is 4.79 Å². The van der Waals surface area contributed by atoms with E-state index in [9.17, 15) is 9.59 Å². The average molecular weight is 289 g/mol. The lowest BCUT2D eigenvalue weighted by Crippen LogP contribution is -2.39. The highest BCUT2D eigenvalue weighted by Gasteiger charge is 2.25. The number of nitrogens with two attached hydrogens (primary N) is 1. The fraction of sp³-hybridized carbons (Fsp3) is 0.500. The Morgan fingerprint density at radius 2 is 1.71 bits per heavy atom. The molecule has 1 fully saturated rings. The molecule has 1 aromatic carbocycles. The van der Waals surface area contributed by atoms with Crippen molar-refractivity contribution in [2.24, 2.45) is 11.7 Å². The van der Waals surface area contributed by atoms with E-state index >= 15 is 0 Å². The Hall–Kier alpha value is -2.04. The van der Waals surface area contributed by atoms with Crippen molar-refractivity contribution in [3.05, 3.63) is 29.8 Å².